The van der Waals surface area contributed by atoms with Crippen LogP contribution in [0, 0.1) is 11.8 Å². The molecule has 2 atom stereocenters. The van der Waals surface area contributed by atoms with E-state index in [1.54, 1.807) is 77.8 Å². The molecule has 578 valence electrons. The molecule has 2 saturated heterocycles. The van der Waals surface area contributed by atoms with E-state index in [0.717, 1.165) is 216 Å². The van der Waals surface area contributed by atoms with E-state index in [2.05, 4.69) is 30.3 Å². The molecule has 2 unspecified atom stereocenters. The van der Waals surface area contributed by atoms with Crippen LogP contribution in [0.3, 0.4) is 0 Å². The number of fused-ring (bicyclic) bond motifs is 26. The Hall–Kier alpha value is -7.96. The SMILES string of the molecule is CCN1C(=O)/C(=C/c2cc3c(s2)-c2sc4c5c(sc4c2OC32CCCCC2)-c2sc(/C=C3\SC(=S)N(CC)C3=O)cc2C2(CCCC(C3CCC4(CC3)Oc3c(sc6c7c(sc36)-c3sc(N=c6c(=O)c8cc9ccccc9cc8c6=O)cc3C3(CCCCC3)O7)-c3sc(N=c6c(=O)c7cc8ccccc8cc7c6=O)cc34)C2)O5)SC1=S. The summed E-state index contributed by atoms with van der Waals surface area (Å²) in [5.74, 6) is 3.98. The molecule has 116 heavy (non-hydrogen) atoms. The summed E-state index contributed by atoms with van der Waals surface area (Å²) in [6.45, 7) is 4.96. The third-order valence-corrected chi connectivity index (χ3v) is 38.9. The fraction of sp³-hybridized carbons (Fsp3) is 0.311. The van der Waals surface area contributed by atoms with Crippen molar-refractivity contribution in [2.45, 2.75) is 152 Å². The molecular weight excluding hydrogens is 1680 g/mol. The maximum atomic E-state index is 14.6. The highest BCUT2D eigenvalue weighted by atomic mass is 32.2. The summed E-state index contributed by atoms with van der Waals surface area (Å²) in [5.41, 5.74) is 0.396. The van der Waals surface area contributed by atoms with Crippen molar-refractivity contribution in [3.63, 3.8) is 0 Å². The van der Waals surface area contributed by atoms with Crippen LogP contribution in [0.15, 0.2) is 136 Å². The van der Waals surface area contributed by atoms with Gasteiger partial charge in [-0.25, -0.2) is 9.98 Å². The summed E-state index contributed by atoms with van der Waals surface area (Å²) in [7, 11) is 0. The van der Waals surface area contributed by atoms with Crippen LogP contribution in [0.2, 0.25) is 0 Å². The molecule has 8 aromatic heterocycles. The number of rotatable bonds is 7. The lowest BCUT2D eigenvalue weighted by Gasteiger charge is -2.48. The lowest BCUT2D eigenvalue weighted by Crippen LogP contribution is -2.44. The first-order valence-electron chi connectivity index (χ1n) is 39.9. The highest BCUT2D eigenvalue weighted by Gasteiger charge is 2.55. The highest BCUT2D eigenvalue weighted by Crippen LogP contribution is 2.71. The van der Waals surface area contributed by atoms with E-state index in [0.29, 0.717) is 81.8 Å². The van der Waals surface area contributed by atoms with Gasteiger partial charge >= 0.3 is 0 Å². The van der Waals surface area contributed by atoms with Gasteiger partial charge < -0.3 is 18.9 Å². The van der Waals surface area contributed by atoms with E-state index in [1.165, 1.54) is 67.1 Å². The molecule has 2 amide bonds. The molecule has 4 aliphatic carbocycles. The monoisotopic (exact) mass is 1750 g/mol. The van der Waals surface area contributed by atoms with Crippen LogP contribution in [-0.2, 0) is 32.0 Å². The minimum Gasteiger partial charge on any atom is -0.479 e. The van der Waals surface area contributed by atoms with Gasteiger partial charge in [0.2, 0.25) is 21.7 Å². The largest absolute Gasteiger partial charge is 0.479 e. The molecule has 4 spiro atoms. The van der Waals surface area contributed by atoms with Crippen molar-refractivity contribution >= 4 is 243 Å². The fourth-order valence-electron chi connectivity index (χ4n) is 20.7. The van der Waals surface area contributed by atoms with E-state index in [-0.39, 0.29) is 50.2 Å². The van der Waals surface area contributed by atoms with Crippen molar-refractivity contribution in [2.24, 2.45) is 21.8 Å². The Morgan fingerprint density at radius 2 is 0.741 bits per heavy atom. The molecule has 0 N–H and O–H groups in total. The van der Waals surface area contributed by atoms with Crippen LogP contribution in [0.25, 0.3) is 113 Å². The first kappa shape index (κ1) is 72.1. The molecule has 26 heteroatoms. The second-order valence-corrected chi connectivity index (χ2v) is 44.2. The van der Waals surface area contributed by atoms with Crippen LogP contribution >= 0.6 is 139 Å². The van der Waals surface area contributed by atoms with Crippen molar-refractivity contribution in [3.05, 3.63) is 190 Å². The maximum Gasteiger partial charge on any atom is 0.266 e. The van der Waals surface area contributed by atoms with Crippen molar-refractivity contribution < 1.29 is 28.5 Å². The van der Waals surface area contributed by atoms with E-state index in [1.807, 2.05) is 92.7 Å². The molecule has 14 nitrogen and oxygen atoms in total. The number of carbonyl (C=O) groups is 2. The van der Waals surface area contributed by atoms with E-state index < -0.39 is 22.4 Å². The predicted octanol–water partition coefficient (Wildman–Crippen LogP) is 23.2. The van der Waals surface area contributed by atoms with Gasteiger partial charge in [0.05, 0.1) is 67.6 Å². The third-order valence-electron chi connectivity index (χ3n) is 26.4. The number of thioether (sulfide) groups is 2. The zero-order chi connectivity index (χ0) is 77.9. The normalized spacial score (nSPS) is 23.0. The van der Waals surface area contributed by atoms with Gasteiger partial charge in [-0.2, -0.15) is 0 Å². The standard InChI is InChI=1S/C90H66N4O10S12/c1-3-93-83(99)57(109-85(93)105)36-47-34-53-71(107-47)75-67(101-87(53)23-11-5-12-24-87)79-82(113-75)70-76(114-79)72-54(35-48(108-72)37-58-84(100)94(4-2)86(106)110-58)90(104-70)27-15-20-46(40-90)41-21-28-89(29-22-41)56-39-60(92-62-65(97)51-32-44-18-9-10-19-45(44)33-52(51)66(62)98)112-74(56)78-69(103-89)81-80(116-78)68-77(115-81)73-55(88(102-68)25-13-6-14-26-88)38-59(111-73)91-61-63(95)49-30-42-16-7-8-17-43(42)31-50(49)64(61)96/h7-10,16-19,30-39,41,46H,3-6,11-15,20-29,40H2,1-2H3/b57-36-,58-37-. The molecule has 14 heterocycles. The van der Waals surface area contributed by atoms with Gasteiger partial charge in [0.15, 0.2) is 33.7 Å². The fourth-order valence-corrected chi connectivity index (χ4v) is 34.1. The number of benzene rings is 4. The topological polar surface area (TPSA) is 171 Å². The number of thiocarbonyl (C=S) groups is 2. The predicted molar refractivity (Wildman–Crippen MR) is 486 cm³/mol. The second-order valence-electron chi connectivity index (χ2n) is 32.6. The van der Waals surface area contributed by atoms with Gasteiger partial charge in [0.25, 0.3) is 11.8 Å². The van der Waals surface area contributed by atoms with Gasteiger partial charge in [-0.15, -0.1) is 90.7 Å². The Morgan fingerprint density at radius 3 is 1.12 bits per heavy atom. The minimum absolute atomic E-state index is 0.0433. The third kappa shape index (κ3) is 10.5. The number of hydrogen-bond donors (Lipinski definition) is 0. The van der Waals surface area contributed by atoms with Crippen LogP contribution in [0.4, 0.5) is 10.0 Å². The Labute approximate surface area is 713 Å². The number of amides is 2. The summed E-state index contributed by atoms with van der Waals surface area (Å²) in [6.07, 6.45) is 20.6. The van der Waals surface area contributed by atoms with E-state index in [4.69, 9.17) is 53.4 Å². The number of ether oxygens (including phenoxy) is 4. The number of likely N-dealkylation sites (N-methyl/N-ethyl adjacent to an activating group) is 2. The van der Waals surface area contributed by atoms with Crippen LogP contribution in [-0.4, -0.2) is 43.3 Å². The Bertz CT molecular complexity index is 7110. The molecule has 10 aliphatic rings. The molecule has 6 fully saturated rings. The molecule has 0 bridgehead atoms. The van der Waals surface area contributed by atoms with Crippen LogP contribution < -0.4 is 51.4 Å². The van der Waals surface area contributed by atoms with Gasteiger partial charge in [-0.3, -0.25) is 38.6 Å². The Balaban J connectivity index is 0.606. The van der Waals surface area contributed by atoms with Gasteiger partial charge in [0, 0.05) is 66.6 Å². The molecule has 6 aromatic carbocycles. The summed E-state index contributed by atoms with van der Waals surface area (Å²) < 4.78 is 36.5. The van der Waals surface area contributed by atoms with Crippen molar-refractivity contribution in [3.8, 4) is 62.0 Å². The average molecular weight is 1750 g/mol. The van der Waals surface area contributed by atoms with E-state index >= 15 is 0 Å². The lowest BCUT2D eigenvalue weighted by atomic mass is 9.64. The van der Waals surface area contributed by atoms with Gasteiger partial charge in [-0.05, 0) is 211 Å². The summed E-state index contributed by atoms with van der Waals surface area (Å²) in [6, 6.07) is 31.7. The number of carbonyl (C=O) groups excluding carboxylic acids is 2. The van der Waals surface area contributed by atoms with Crippen LogP contribution in [0.5, 0.6) is 23.0 Å². The van der Waals surface area contributed by atoms with Gasteiger partial charge in [-0.1, -0.05) is 109 Å². The number of thiophene rings is 8. The summed E-state index contributed by atoms with van der Waals surface area (Å²) >= 11 is 27.6. The highest BCUT2D eigenvalue weighted by molar-refractivity contribution is 8.27. The Kier molecular flexibility index (Phi) is 16.3. The molecule has 6 aliphatic heterocycles. The smallest absolute Gasteiger partial charge is 0.266 e. The minimum atomic E-state index is -0.796. The first-order valence-corrected chi connectivity index (χ1v) is 48.9. The first-order chi connectivity index (χ1) is 56.4. The molecule has 0 radical (unpaired) electrons. The molecular formula is C90H66N4O10S12. The van der Waals surface area contributed by atoms with Crippen molar-refractivity contribution in [1.29, 1.82) is 0 Å². The van der Waals surface area contributed by atoms with Crippen molar-refractivity contribution in [2.75, 3.05) is 13.1 Å². The molecule has 4 saturated carbocycles. The van der Waals surface area contributed by atoms with Gasteiger partial charge in [0.1, 0.15) is 41.0 Å². The molecule has 14 aromatic rings. The summed E-state index contributed by atoms with van der Waals surface area (Å²) in [4.78, 5) is 111. The second kappa shape index (κ2) is 26.3. The average Bonchev–Trinajstić information content (AvgIpc) is 1.53. The number of nitrogens with zero attached hydrogens (tertiary/aromatic N) is 4. The summed E-state index contributed by atoms with van der Waals surface area (Å²) in [5, 5.41) is 6.11. The zero-order valence-electron chi connectivity index (χ0n) is 62.5. The molecule has 24 rings (SSSR count). The maximum absolute atomic E-state index is 14.6. The zero-order valence-corrected chi connectivity index (χ0v) is 72.3. The van der Waals surface area contributed by atoms with E-state index in [9.17, 15) is 28.8 Å². The van der Waals surface area contributed by atoms with Crippen LogP contribution in [0.1, 0.15) is 161 Å². The Morgan fingerprint density at radius 1 is 0.397 bits per heavy atom. The quantitative estimate of drug-likeness (QED) is 0.109. The number of hydrogen-bond acceptors (Lipinski definition) is 24. The van der Waals surface area contributed by atoms with Crippen molar-refractivity contribution in [1.82, 2.24) is 9.80 Å². The lowest BCUT2D eigenvalue weighted by molar-refractivity contribution is -0.122.